The summed E-state index contributed by atoms with van der Waals surface area (Å²) in [6, 6.07) is 7.03. The maximum absolute atomic E-state index is 12.9. The number of hydrogen-bond donors (Lipinski definition) is 1. The second kappa shape index (κ2) is 7.20. The Labute approximate surface area is 152 Å². The summed E-state index contributed by atoms with van der Waals surface area (Å²) in [7, 11) is -3.76. The van der Waals surface area contributed by atoms with Crippen LogP contribution in [0.5, 0.6) is 0 Å². The number of benzene rings is 1. The molecule has 2 heterocycles. The first-order valence-electron chi connectivity index (χ1n) is 8.50. The lowest BCUT2D eigenvalue weighted by atomic mass is 10.2. The van der Waals surface area contributed by atoms with Crippen LogP contribution in [0.15, 0.2) is 41.4 Å². The van der Waals surface area contributed by atoms with Gasteiger partial charge in [0.05, 0.1) is 0 Å². The topological polar surface area (TPSA) is 71.4 Å². The number of sulfonamides is 1. The summed E-state index contributed by atoms with van der Waals surface area (Å²) in [5.41, 5.74) is 1.04. The smallest absolute Gasteiger partial charge is 0.270 e. The first-order chi connectivity index (χ1) is 12.3. The van der Waals surface area contributed by atoms with Crippen molar-refractivity contribution in [3.8, 4) is 0 Å². The SMILES string of the molecule is CC(C)CN1CCn2cc(S(=O)(=O)NCc3ccc(F)cc3)cc2C1=O. The molecule has 0 bridgehead atoms. The molecule has 0 spiro atoms. The number of nitrogens with one attached hydrogen (secondary N) is 1. The lowest BCUT2D eigenvalue weighted by molar-refractivity contribution is 0.0683. The molecule has 0 unspecified atom stereocenters. The number of aromatic nitrogens is 1. The molecule has 0 radical (unpaired) electrons. The second-order valence-corrected chi connectivity index (χ2v) is 8.62. The summed E-state index contributed by atoms with van der Waals surface area (Å²) >= 11 is 0. The number of rotatable bonds is 6. The Kier molecular flexibility index (Phi) is 5.15. The van der Waals surface area contributed by atoms with Gasteiger partial charge in [-0.25, -0.2) is 17.5 Å². The van der Waals surface area contributed by atoms with Crippen molar-refractivity contribution in [3.05, 3.63) is 53.6 Å². The van der Waals surface area contributed by atoms with Crippen LogP contribution in [0.2, 0.25) is 0 Å². The molecule has 1 amide bonds. The van der Waals surface area contributed by atoms with E-state index in [0.29, 0.717) is 36.8 Å². The van der Waals surface area contributed by atoms with Crippen LogP contribution in [-0.2, 0) is 23.1 Å². The zero-order chi connectivity index (χ0) is 18.9. The molecule has 3 rings (SSSR count). The molecule has 0 atom stereocenters. The van der Waals surface area contributed by atoms with Gasteiger partial charge in [-0.1, -0.05) is 26.0 Å². The van der Waals surface area contributed by atoms with Crippen molar-refractivity contribution < 1.29 is 17.6 Å². The predicted octanol–water partition coefficient (Wildman–Crippen LogP) is 2.22. The zero-order valence-electron chi connectivity index (χ0n) is 14.8. The molecular weight excluding hydrogens is 357 g/mol. The molecule has 26 heavy (non-hydrogen) atoms. The number of carbonyl (C=O) groups is 1. The lowest BCUT2D eigenvalue weighted by Crippen LogP contribution is -2.41. The molecule has 6 nitrogen and oxygen atoms in total. The Morgan fingerprint density at radius 1 is 1.19 bits per heavy atom. The largest absolute Gasteiger partial charge is 0.340 e. The fourth-order valence-corrected chi connectivity index (χ4v) is 4.02. The number of hydrogen-bond acceptors (Lipinski definition) is 3. The van der Waals surface area contributed by atoms with E-state index in [9.17, 15) is 17.6 Å². The van der Waals surface area contributed by atoms with Gasteiger partial charge >= 0.3 is 0 Å². The van der Waals surface area contributed by atoms with E-state index >= 15 is 0 Å². The predicted molar refractivity (Wildman–Crippen MR) is 95.6 cm³/mol. The molecule has 1 aliphatic rings. The summed E-state index contributed by atoms with van der Waals surface area (Å²) in [5, 5.41) is 0. The summed E-state index contributed by atoms with van der Waals surface area (Å²) in [5.74, 6) is -0.174. The minimum atomic E-state index is -3.76. The Morgan fingerprint density at radius 3 is 2.54 bits per heavy atom. The van der Waals surface area contributed by atoms with Gasteiger partial charge < -0.3 is 9.47 Å². The van der Waals surface area contributed by atoms with Crippen molar-refractivity contribution in [1.82, 2.24) is 14.2 Å². The van der Waals surface area contributed by atoms with Gasteiger partial charge in [-0.3, -0.25) is 4.79 Å². The van der Waals surface area contributed by atoms with Crippen molar-refractivity contribution in [3.63, 3.8) is 0 Å². The molecule has 0 saturated carbocycles. The third-order valence-corrected chi connectivity index (χ3v) is 5.63. The summed E-state index contributed by atoms with van der Waals surface area (Å²) < 4.78 is 42.2. The van der Waals surface area contributed by atoms with Gasteiger partial charge in [0.2, 0.25) is 10.0 Å². The average Bonchev–Trinajstić information content (AvgIpc) is 3.03. The summed E-state index contributed by atoms with van der Waals surface area (Å²) in [6.45, 7) is 5.92. The highest BCUT2D eigenvalue weighted by Gasteiger charge is 2.28. The molecule has 0 fully saturated rings. The van der Waals surface area contributed by atoms with Crippen LogP contribution in [0.4, 0.5) is 4.39 Å². The van der Waals surface area contributed by atoms with E-state index in [1.807, 2.05) is 13.8 Å². The molecule has 0 aliphatic carbocycles. The van der Waals surface area contributed by atoms with Crippen molar-refractivity contribution in [2.24, 2.45) is 5.92 Å². The van der Waals surface area contributed by atoms with E-state index in [1.165, 1.54) is 36.5 Å². The monoisotopic (exact) mass is 379 g/mol. The van der Waals surface area contributed by atoms with Gasteiger partial charge in [-0.2, -0.15) is 0 Å². The molecule has 1 aromatic carbocycles. The van der Waals surface area contributed by atoms with Crippen LogP contribution < -0.4 is 4.72 Å². The number of carbonyl (C=O) groups excluding carboxylic acids is 1. The normalized spacial score (nSPS) is 14.8. The number of amides is 1. The Morgan fingerprint density at radius 2 is 1.88 bits per heavy atom. The van der Waals surface area contributed by atoms with Gasteiger partial charge in [-0.05, 0) is 29.7 Å². The van der Waals surface area contributed by atoms with Crippen LogP contribution >= 0.6 is 0 Å². The Hall–Kier alpha value is -2.19. The third-order valence-electron chi connectivity index (χ3n) is 4.26. The van der Waals surface area contributed by atoms with Crippen molar-refractivity contribution in [2.45, 2.75) is 31.8 Å². The van der Waals surface area contributed by atoms with Gasteiger partial charge in [0, 0.05) is 32.4 Å². The number of halogens is 1. The molecule has 140 valence electrons. The van der Waals surface area contributed by atoms with E-state index in [4.69, 9.17) is 0 Å². The van der Waals surface area contributed by atoms with E-state index in [2.05, 4.69) is 4.72 Å². The van der Waals surface area contributed by atoms with Crippen molar-refractivity contribution >= 4 is 15.9 Å². The Balaban J connectivity index is 1.75. The lowest BCUT2D eigenvalue weighted by Gasteiger charge is -2.29. The minimum Gasteiger partial charge on any atom is -0.340 e. The molecule has 1 aliphatic heterocycles. The van der Waals surface area contributed by atoms with Gasteiger partial charge in [0.25, 0.3) is 5.91 Å². The van der Waals surface area contributed by atoms with Gasteiger partial charge in [-0.15, -0.1) is 0 Å². The summed E-state index contributed by atoms with van der Waals surface area (Å²) in [4.78, 5) is 14.4. The Bertz CT molecular complexity index is 904. The standard InChI is InChI=1S/C18H22FN3O3S/c1-13(2)11-22-8-7-21-12-16(9-17(21)18(22)23)26(24,25)20-10-14-3-5-15(19)6-4-14/h3-6,9,12-13,20H,7-8,10-11H2,1-2H3. The second-order valence-electron chi connectivity index (χ2n) is 6.85. The van der Waals surface area contributed by atoms with Crippen LogP contribution in [0.1, 0.15) is 29.9 Å². The first-order valence-corrected chi connectivity index (χ1v) is 9.98. The highest BCUT2D eigenvalue weighted by molar-refractivity contribution is 7.89. The molecular formula is C18H22FN3O3S. The maximum Gasteiger partial charge on any atom is 0.270 e. The van der Waals surface area contributed by atoms with Crippen LogP contribution in [0.3, 0.4) is 0 Å². The molecule has 0 saturated heterocycles. The zero-order valence-corrected chi connectivity index (χ0v) is 15.6. The van der Waals surface area contributed by atoms with E-state index in [1.54, 1.807) is 9.47 Å². The van der Waals surface area contributed by atoms with Crippen molar-refractivity contribution in [1.29, 1.82) is 0 Å². The molecule has 1 N–H and O–H groups in total. The highest BCUT2D eigenvalue weighted by atomic mass is 32.2. The van der Waals surface area contributed by atoms with Gasteiger partial charge in [0.15, 0.2) is 0 Å². The fourth-order valence-electron chi connectivity index (χ4n) is 2.97. The van der Waals surface area contributed by atoms with E-state index in [-0.39, 0.29) is 23.2 Å². The van der Waals surface area contributed by atoms with Crippen LogP contribution in [0, 0.1) is 11.7 Å². The van der Waals surface area contributed by atoms with Gasteiger partial charge in [0.1, 0.15) is 16.4 Å². The number of fused-ring (bicyclic) bond motifs is 1. The first kappa shape index (κ1) is 18.6. The highest BCUT2D eigenvalue weighted by Crippen LogP contribution is 2.21. The third kappa shape index (κ3) is 3.96. The van der Waals surface area contributed by atoms with Crippen LogP contribution in [0.25, 0.3) is 0 Å². The maximum atomic E-state index is 12.9. The van der Waals surface area contributed by atoms with Crippen LogP contribution in [-0.4, -0.2) is 36.9 Å². The molecule has 2 aromatic rings. The number of nitrogens with zero attached hydrogens (tertiary/aromatic N) is 2. The van der Waals surface area contributed by atoms with E-state index in [0.717, 1.165) is 0 Å². The summed E-state index contributed by atoms with van der Waals surface area (Å²) in [6.07, 6.45) is 1.49. The minimum absolute atomic E-state index is 0.0521. The fraction of sp³-hybridized carbons (Fsp3) is 0.389. The van der Waals surface area contributed by atoms with E-state index < -0.39 is 10.0 Å². The van der Waals surface area contributed by atoms with Crippen molar-refractivity contribution in [2.75, 3.05) is 13.1 Å². The average molecular weight is 379 g/mol. The molecule has 8 heteroatoms. The molecule has 1 aromatic heterocycles. The quantitative estimate of drug-likeness (QED) is 0.837.